The number of ether oxygens (including phenoxy) is 1. The van der Waals surface area contributed by atoms with Crippen molar-refractivity contribution in [2.75, 3.05) is 24.7 Å². The molecule has 3 aromatic heterocycles. The summed E-state index contributed by atoms with van der Waals surface area (Å²) in [7, 11) is 1.42. The number of amides is 2. The number of hydrogen-bond donors (Lipinski definition) is 4. The van der Waals surface area contributed by atoms with E-state index < -0.39 is 18.5 Å². The van der Waals surface area contributed by atoms with Crippen molar-refractivity contribution in [2.45, 2.75) is 32.3 Å². The van der Waals surface area contributed by atoms with Gasteiger partial charge in [-0.15, -0.1) is 10.2 Å². The largest absolute Gasteiger partial charge is 0.492 e. The molecule has 0 atom stereocenters. The first-order valence-corrected chi connectivity index (χ1v) is 10.7. The van der Waals surface area contributed by atoms with Crippen LogP contribution in [0, 0.1) is 5.92 Å². The maximum absolute atomic E-state index is 12.7. The van der Waals surface area contributed by atoms with Gasteiger partial charge in [0.15, 0.2) is 23.1 Å². The van der Waals surface area contributed by atoms with E-state index in [1.165, 1.54) is 31.8 Å². The van der Waals surface area contributed by atoms with Crippen LogP contribution in [-0.2, 0) is 10.4 Å². The van der Waals surface area contributed by atoms with Gasteiger partial charge in [0.05, 0.1) is 36.6 Å². The van der Waals surface area contributed by atoms with E-state index in [9.17, 15) is 14.7 Å². The van der Waals surface area contributed by atoms with E-state index in [4.69, 9.17) is 8.85 Å². The molecule has 0 unspecified atom stereocenters. The van der Waals surface area contributed by atoms with Crippen molar-refractivity contribution in [1.82, 2.24) is 30.5 Å². The van der Waals surface area contributed by atoms with Crippen LogP contribution in [0.15, 0.2) is 30.7 Å². The molecule has 1 fully saturated rings. The van der Waals surface area contributed by atoms with Crippen LogP contribution in [-0.4, -0.2) is 56.2 Å². The molecule has 0 spiro atoms. The van der Waals surface area contributed by atoms with Crippen molar-refractivity contribution in [1.29, 1.82) is 0 Å². The lowest BCUT2D eigenvalue weighted by Crippen LogP contribution is -2.22. The second-order valence-electron chi connectivity index (χ2n) is 8.42. The molecule has 12 nitrogen and oxygen atoms in total. The van der Waals surface area contributed by atoms with Gasteiger partial charge in [-0.3, -0.25) is 19.6 Å². The standard InChI is InChI=1S/C23H26N8O4/c1-23(2,34)16-11-26-15(10-27-16)13-7-8-25-20(19(13)35-4)28-14-9-17(29-21(32)12-5-6-12)30-31-18(14)22(33)24-3/h7-12,34H,5-6H2,1-4H3,(H,24,33)(H2,25,28,29,30,32)/i3D3. The van der Waals surface area contributed by atoms with Crippen LogP contribution in [0.5, 0.6) is 5.75 Å². The Morgan fingerprint density at radius 2 is 2.00 bits per heavy atom. The summed E-state index contributed by atoms with van der Waals surface area (Å²) in [5.41, 5.74) is -0.189. The molecule has 4 rings (SSSR count). The van der Waals surface area contributed by atoms with E-state index in [1.807, 2.05) is 5.32 Å². The quantitative estimate of drug-likeness (QED) is 0.374. The highest BCUT2D eigenvalue weighted by atomic mass is 16.5. The van der Waals surface area contributed by atoms with Crippen LogP contribution in [0.1, 0.15) is 47.0 Å². The number of carbonyl (C=O) groups is 2. The average molecular weight is 482 g/mol. The molecule has 4 N–H and O–H groups in total. The number of carbonyl (C=O) groups excluding carboxylic acids is 2. The summed E-state index contributed by atoms with van der Waals surface area (Å²) >= 11 is 0. The Morgan fingerprint density at radius 3 is 2.63 bits per heavy atom. The summed E-state index contributed by atoms with van der Waals surface area (Å²) in [4.78, 5) is 37.8. The maximum Gasteiger partial charge on any atom is 0.273 e. The van der Waals surface area contributed by atoms with Gasteiger partial charge in [-0.25, -0.2) is 4.98 Å². The van der Waals surface area contributed by atoms with E-state index in [1.54, 1.807) is 19.9 Å². The van der Waals surface area contributed by atoms with E-state index in [0.717, 1.165) is 12.8 Å². The normalized spacial score (nSPS) is 14.8. The molecule has 0 saturated heterocycles. The van der Waals surface area contributed by atoms with Crippen LogP contribution >= 0.6 is 0 Å². The Hall–Kier alpha value is -4.19. The smallest absolute Gasteiger partial charge is 0.273 e. The van der Waals surface area contributed by atoms with E-state index in [2.05, 4.69) is 35.8 Å². The molecule has 35 heavy (non-hydrogen) atoms. The number of nitrogens with one attached hydrogen (secondary N) is 3. The van der Waals surface area contributed by atoms with Crippen molar-refractivity contribution < 1.29 is 23.5 Å². The number of methoxy groups -OCH3 is 1. The summed E-state index contributed by atoms with van der Waals surface area (Å²) in [5.74, 6) is -0.889. The second kappa shape index (κ2) is 9.58. The predicted octanol–water partition coefficient (Wildman–Crippen LogP) is 2.02. The Kier molecular flexibility index (Phi) is 5.53. The number of pyridine rings is 1. The zero-order chi connectivity index (χ0) is 27.7. The van der Waals surface area contributed by atoms with Crippen molar-refractivity contribution in [3.05, 3.63) is 42.1 Å². The summed E-state index contributed by atoms with van der Waals surface area (Å²) in [6.07, 6.45) is 5.94. The van der Waals surface area contributed by atoms with Crippen LogP contribution in [0.3, 0.4) is 0 Å². The molecule has 0 radical (unpaired) electrons. The fraction of sp³-hybridized carbons (Fsp3) is 0.348. The number of hydrogen-bond acceptors (Lipinski definition) is 10. The van der Waals surface area contributed by atoms with Gasteiger partial charge in [0.25, 0.3) is 5.91 Å². The Morgan fingerprint density at radius 1 is 1.20 bits per heavy atom. The number of anilines is 3. The number of aromatic nitrogens is 5. The third-order valence-electron chi connectivity index (χ3n) is 5.24. The summed E-state index contributed by atoms with van der Waals surface area (Å²) in [5, 5.41) is 25.3. The summed E-state index contributed by atoms with van der Waals surface area (Å²) in [6.45, 7) is 0.421. The Labute approximate surface area is 205 Å². The van der Waals surface area contributed by atoms with Crippen LogP contribution < -0.4 is 20.7 Å². The first-order valence-electron chi connectivity index (χ1n) is 12.2. The zero-order valence-corrected chi connectivity index (χ0v) is 19.3. The lowest BCUT2D eigenvalue weighted by atomic mass is 10.1. The molecule has 0 aromatic carbocycles. The van der Waals surface area contributed by atoms with Crippen LogP contribution in [0.4, 0.5) is 17.3 Å². The first-order chi connectivity index (χ1) is 17.9. The fourth-order valence-electron chi connectivity index (χ4n) is 3.20. The highest BCUT2D eigenvalue weighted by molar-refractivity contribution is 5.99. The second-order valence-corrected chi connectivity index (χ2v) is 8.42. The molecule has 182 valence electrons. The van der Waals surface area contributed by atoms with Crippen LogP contribution in [0.2, 0.25) is 0 Å². The average Bonchev–Trinajstić information content (AvgIpc) is 3.68. The summed E-state index contributed by atoms with van der Waals surface area (Å²) < 4.78 is 27.6. The van der Waals surface area contributed by atoms with Gasteiger partial charge >= 0.3 is 0 Å². The van der Waals surface area contributed by atoms with E-state index in [0.29, 0.717) is 17.0 Å². The lowest BCUT2D eigenvalue weighted by Gasteiger charge is -2.17. The number of rotatable bonds is 8. The molecule has 3 heterocycles. The minimum absolute atomic E-state index is 0.0271. The molecule has 12 heteroatoms. The predicted molar refractivity (Wildman–Crippen MR) is 127 cm³/mol. The van der Waals surface area contributed by atoms with Gasteiger partial charge in [0.1, 0.15) is 5.60 Å². The minimum atomic E-state index is -2.77. The van der Waals surface area contributed by atoms with Crippen molar-refractivity contribution in [2.24, 2.45) is 5.92 Å². The van der Waals surface area contributed by atoms with E-state index in [-0.39, 0.29) is 40.6 Å². The third kappa shape index (κ3) is 5.32. The SMILES string of the molecule is [2H]C([2H])([2H])NC(=O)c1nnc(NC(=O)C2CC2)cc1Nc1nccc(-c2cnc(C(C)(C)O)cn2)c1OC. The molecule has 1 saturated carbocycles. The molecule has 0 aliphatic heterocycles. The lowest BCUT2D eigenvalue weighted by molar-refractivity contribution is -0.117. The number of aliphatic hydroxyl groups is 1. The molecule has 3 aromatic rings. The van der Waals surface area contributed by atoms with Gasteiger partial charge < -0.3 is 25.8 Å². The molecule has 1 aliphatic rings. The van der Waals surface area contributed by atoms with Gasteiger partial charge in [0.2, 0.25) is 5.91 Å². The summed E-state index contributed by atoms with van der Waals surface area (Å²) in [6, 6.07) is 3.00. The van der Waals surface area contributed by atoms with Crippen LogP contribution in [0.25, 0.3) is 11.3 Å². The number of nitrogens with zero attached hydrogens (tertiary/aromatic N) is 5. The zero-order valence-electron chi connectivity index (χ0n) is 22.3. The van der Waals surface area contributed by atoms with Crippen molar-refractivity contribution in [3.8, 4) is 17.0 Å². The monoisotopic (exact) mass is 481 g/mol. The first kappa shape index (κ1) is 20.2. The highest BCUT2D eigenvalue weighted by Gasteiger charge is 2.30. The highest BCUT2D eigenvalue weighted by Crippen LogP contribution is 2.36. The maximum atomic E-state index is 12.7. The van der Waals surface area contributed by atoms with Gasteiger partial charge in [0, 0.05) is 34.8 Å². The molecule has 2 amide bonds. The molecule has 0 bridgehead atoms. The van der Waals surface area contributed by atoms with Gasteiger partial charge in [-0.05, 0) is 32.8 Å². The molecular weight excluding hydrogens is 452 g/mol. The van der Waals surface area contributed by atoms with E-state index >= 15 is 0 Å². The van der Waals surface area contributed by atoms with Gasteiger partial charge in [-0.1, -0.05) is 0 Å². The Bertz CT molecular complexity index is 1360. The Balaban J connectivity index is 1.71. The van der Waals surface area contributed by atoms with Crippen molar-refractivity contribution >= 4 is 29.1 Å². The molecular formula is C23H26N8O4. The van der Waals surface area contributed by atoms with Crippen molar-refractivity contribution in [3.63, 3.8) is 0 Å². The van der Waals surface area contributed by atoms with Gasteiger partial charge in [-0.2, -0.15) is 0 Å². The minimum Gasteiger partial charge on any atom is -0.492 e. The molecule has 1 aliphatic carbocycles. The third-order valence-corrected chi connectivity index (χ3v) is 5.24. The fourth-order valence-corrected chi connectivity index (χ4v) is 3.20. The topological polar surface area (TPSA) is 164 Å².